The fourth-order valence-electron chi connectivity index (χ4n) is 4.24. The fourth-order valence-corrected chi connectivity index (χ4v) is 4.24. The van der Waals surface area contributed by atoms with E-state index in [-0.39, 0.29) is 18.5 Å². The summed E-state index contributed by atoms with van der Waals surface area (Å²) in [6.07, 6.45) is 0.658. The highest BCUT2D eigenvalue weighted by atomic mass is 16.6. The van der Waals surface area contributed by atoms with Gasteiger partial charge in [-0.25, -0.2) is 4.79 Å². The maximum absolute atomic E-state index is 13.4. The second-order valence-electron chi connectivity index (χ2n) is 10.2. The third-order valence-electron chi connectivity index (χ3n) is 6.14. The summed E-state index contributed by atoms with van der Waals surface area (Å²) in [5, 5.41) is 6.89. The lowest BCUT2D eigenvalue weighted by Gasteiger charge is -2.37. The van der Waals surface area contributed by atoms with Crippen LogP contribution in [0.4, 0.5) is 10.5 Å². The first-order valence-electron chi connectivity index (χ1n) is 12.8. The molecule has 1 aliphatic rings. The predicted molar refractivity (Wildman–Crippen MR) is 146 cm³/mol. The Labute approximate surface area is 220 Å². The maximum atomic E-state index is 13.4. The average Bonchev–Trinajstić information content (AvgIpc) is 2.84. The minimum atomic E-state index is -0.488. The Bertz CT molecular complexity index is 1060. The van der Waals surface area contributed by atoms with Crippen molar-refractivity contribution < 1.29 is 24.2 Å². The number of benzene rings is 2. The molecule has 0 atom stereocenters. The average molecular weight is 512 g/mol. The maximum Gasteiger partial charge on any atom is 0.410 e. The van der Waals surface area contributed by atoms with Crippen LogP contribution in [-0.2, 0) is 16.1 Å². The van der Waals surface area contributed by atoms with Gasteiger partial charge in [-0.05, 0) is 75.9 Å². The minimum Gasteiger partial charge on any atom is -0.483 e. The van der Waals surface area contributed by atoms with Crippen LogP contribution in [0.5, 0.6) is 0 Å². The van der Waals surface area contributed by atoms with Crippen molar-refractivity contribution in [2.75, 3.05) is 37.6 Å². The van der Waals surface area contributed by atoms with Gasteiger partial charge < -0.3 is 24.5 Å². The van der Waals surface area contributed by atoms with Gasteiger partial charge in [0.05, 0.1) is 0 Å². The number of amides is 2. The number of hydrogen-bond acceptors (Lipinski definition) is 5. The zero-order valence-corrected chi connectivity index (χ0v) is 23.0. The van der Waals surface area contributed by atoms with Gasteiger partial charge in [-0.1, -0.05) is 31.2 Å². The zero-order chi connectivity index (χ0) is 27.6. The van der Waals surface area contributed by atoms with E-state index in [0.717, 1.165) is 42.9 Å². The number of hydrogen-bond donors (Lipinski definition) is 1. The van der Waals surface area contributed by atoms with Gasteiger partial charge in [0.15, 0.2) is 0 Å². The molecule has 0 unspecified atom stereocenters. The summed E-state index contributed by atoms with van der Waals surface area (Å²) in [7, 11) is 0. The number of nitrogens with zero attached hydrogens (tertiary/aromatic N) is 3. The second-order valence-corrected chi connectivity index (χ2v) is 10.2. The van der Waals surface area contributed by atoms with Crippen LogP contribution in [0.2, 0.25) is 0 Å². The van der Waals surface area contributed by atoms with Crippen molar-refractivity contribution in [3.05, 3.63) is 64.7 Å². The Morgan fingerprint density at radius 3 is 2.19 bits per heavy atom. The lowest BCUT2D eigenvalue weighted by molar-refractivity contribution is -0.122. The number of carboxylic acid groups (broad SMARTS) is 1. The molecule has 3 rings (SSSR count). The van der Waals surface area contributed by atoms with E-state index in [2.05, 4.69) is 36.9 Å². The second kappa shape index (κ2) is 13.7. The molecule has 2 aromatic rings. The van der Waals surface area contributed by atoms with Gasteiger partial charge in [-0.2, -0.15) is 0 Å². The van der Waals surface area contributed by atoms with Crippen molar-refractivity contribution in [3.63, 3.8) is 0 Å². The molecule has 2 aromatic carbocycles. The van der Waals surface area contributed by atoms with E-state index >= 15 is 0 Å². The van der Waals surface area contributed by atoms with E-state index in [0.29, 0.717) is 19.6 Å². The summed E-state index contributed by atoms with van der Waals surface area (Å²) in [5.74, 6) is 0.0731. The highest BCUT2D eigenvalue weighted by Gasteiger charge is 2.26. The molecule has 1 heterocycles. The Kier molecular flexibility index (Phi) is 11.0. The number of carbonyl (C=O) groups is 3. The largest absolute Gasteiger partial charge is 0.483 e. The third-order valence-corrected chi connectivity index (χ3v) is 6.14. The molecule has 1 aliphatic heterocycles. The molecule has 2 amide bonds. The molecule has 0 aliphatic carbocycles. The molecule has 0 saturated carbocycles. The smallest absolute Gasteiger partial charge is 0.410 e. The Morgan fingerprint density at radius 2 is 1.65 bits per heavy atom. The molecule has 0 spiro atoms. The highest BCUT2D eigenvalue weighted by Crippen LogP contribution is 2.23. The molecule has 0 bridgehead atoms. The van der Waals surface area contributed by atoms with Gasteiger partial charge in [0.2, 0.25) is 0 Å². The summed E-state index contributed by atoms with van der Waals surface area (Å²) in [5.41, 5.74) is 4.70. The standard InChI is InChI=1S/C28H39N3O3.CH2O2/c1-7-14-31(20-23-11-9-8-10-21(23)2)26(32)25-13-12-24(19-22(25)3)29-15-17-30(18-16-29)27(33)34-28(4,5)6;2-1-3/h8-13,19H,7,14-18,20H2,1-6H3;1H,(H,2,3). The molecule has 0 aromatic heterocycles. The summed E-state index contributed by atoms with van der Waals surface area (Å²) < 4.78 is 5.50. The molecule has 1 fully saturated rings. The summed E-state index contributed by atoms with van der Waals surface area (Å²) in [6, 6.07) is 14.3. The molecule has 8 nitrogen and oxygen atoms in total. The van der Waals surface area contributed by atoms with E-state index in [1.54, 1.807) is 4.90 Å². The normalized spacial score (nSPS) is 13.4. The van der Waals surface area contributed by atoms with Crippen LogP contribution in [-0.4, -0.2) is 71.7 Å². The number of rotatable bonds is 6. The molecule has 37 heavy (non-hydrogen) atoms. The summed E-state index contributed by atoms with van der Waals surface area (Å²) >= 11 is 0. The van der Waals surface area contributed by atoms with Gasteiger partial charge in [0.25, 0.3) is 12.4 Å². The number of anilines is 1. The van der Waals surface area contributed by atoms with Crippen LogP contribution >= 0.6 is 0 Å². The van der Waals surface area contributed by atoms with E-state index in [4.69, 9.17) is 14.6 Å². The number of carbonyl (C=O) groups excluding carboxylic acids is 2. The first kappa shape index (κ1) is 29.7. The van der Waals surface area contributed by atoms with Crippen molar-refractivity contribution in [2.45, 2.75) is 60.1 Å². The lowest BCUT2D eigenvalue weighted by Crippen LogP contribution is -2.50. The SMILES string of the molecule is CCCN(Cc1ccccc1C)C(=O)c1ccc(N2CCN(C(=O)OC(C)(C)C)CC2)cc1C.O=CO. The molecule has 1 saturated heterocycles. The van der Waals surface area contributed by atoms with Crippen LogP contribution < -0.4 is 4.90 Å². The van der Waals surface area contributed by atoms with Gasteiger partial charge in [0.1, 0.15) is 5.60 Å². The van der Waals surface area contributed by atoms with E-state index in [1.165, 1.54) is 11.1 Å². The Morgan fingerprint density at radius 1 is 1.03 bits per heavy atom. The van der Waals surface area contributed by atoms with Crippen molar-refractivity contribution in [3.8, 4) is 0 Å². The summed E-state index contributed by atoms with van der Waals surface area (Å²) in [6.45, 7) is 15.7. The minimum absolute atomic E-state index is 0.0731. The Balaban J connectivity index is 0.00000153. The quantitative estimate of drug-likeness (QED) is 0.542. The monoisotopic (exact) mass is 511 g/mol. The van der Waals surface area contributed by atoms with Crippen molar-refractivity contribution in [1.82, 2.24) is 9.80 Å². The molecule has 8 heteroatoms. The molecular formula is C29H41N3O5. The predicted octanol–water partition coefficient (Wildman–Crippen LogP) is 5.11. The molecule has 1 N–H and O–H groups in total. The van der Waals surface area contributed by atoms with Crippen LogP contribution in [0.3, 0.4) is 0 Å². The van der Waals surface area contributed by atoms with Crippen molar-refractivity contribution in [2.24, 2.45) is 0 Å². The fraction of sp³-hybridized carbons (Fsp3) is 0.483. The third kappa shape index (κ3) is 8.81. The van der Waals surface area contributed by atoms with Crippen molar-refractivity contribution >= 4 is 24.2 Å². The van der Waals surface area contributed by atoms with E-state index < -0.39 is 5.60 Å². The number of ether oxygens (including phenoxy) is 1. The van der Waals surface area contributed by atoms with Gasteiger partial charge in [-0.3, -0.25) is 9.59 Å². The molecule has 0 radical (unpaired) electrons. The van der Waals surface area contributed by atoms with Crippen LogP contribution in [0.15, 0.2) is 42.5 Å². The van der Waals surface area contributed by atoms with Crippen LogP contribution in [0.25, 0.3) is 0 Å². The van der Waals surface area contributed by atoms with Gasteiger partial charge >= 0.3 is 6.09 Å². The highest BCUT2D eigenvalue weighted by molar-refractivity contribution is 5.96. The van der Waals surface area contributed by atoms with Crippen LogP contribution in [0, 0.1) is 13.8 Å². The molecule has 202 valence electrons. The molecular weight excluding hydrogens is 470 g/mol. The number of piperazine rings is 1. The number of aryl methyl sites for hydroxylation is 2. The van der Waals surface area contributed by atoms with Gasteiger partial charge in [0, 0.05) is 50.5 Å². The van der Waals surface area contributed by atoms with E-state index in [9.17, 15) is 9.59 Å². The first-order valence-corrected chi connectivity index (χ1v) is 12.8. The van der Waals surface area contributed by atoms with E-state index in [1.807, 2.05) is 56.9 Å². The van der Waals surface area contributed by atoms with Crippen LogP contribution in [0.1, 0.15) is 61.2 Å². The first-order chi connectivity index (χ1) is 17.5. The lowest BCUT2D eigenvalue weighted by atomic mass is 10.0. The zero-order valence-electron chi connectivity index (χ0n) is 23.0. The Hall–Kier alpha value is -3.55. The van der Waals surface area contributed by atoms with Gasteiger partial charge in [-0.15, -0.1) is 0 Å². The van der Waals surface area contributed by atoms with Crippen molar-refractivity contribution in [1.29, 1.82) is 0 Å². The topological polar surface area (TPSA) is 90.4 Å². The summed E-state index contributed by atoms with van der Waals surface area (Å²) in [4.78, 5) is 40.1.